The number of halogens is 7. The van der Waals surface area contributed by atoms with E-state index in [2.05, 4.69) is 4.74 Å². The van der Waals surface area contributed by atoms with E-state index in [1.807, 2.05) is 0 Å². The first kappa shape index (κ1) is 12.7. The Morgan fingerprint density at radius 1 is 1.06 bits per heavy atom. The molecule has 0 aliphatic heterocycles. The van der Waals surface area contributed by atoms with Crippen molar-refractivity contribution < 1.29 is 35.2 Å². The lowest BCUT2D eigenvalue weighted by Gasteiger charge is -2.18. The second kappa shape index (κ2) is 3.87. The van der Waals surface area contributed by atoms with E-state index in [0.29, 0.717) is 18.2 Å². The highest BCUT2D eigenvalue weighted by atomic mass is 19.4. The Kier molecular flexibility index (Phi) is 3.07. The largest absolute Gasteiger partial charge is 0.573 e. The molecule has 0 saturated carbocycles. The van der Waals surface area contributed by atoms with Crippen molar-refractivity contribution in [2.24, 2.45) is 0 Å². The zero-order valence-electron chi connectivity index (χ0n) is 7.36. The van der Waals surface area contributed by atoms with Crippen LogP contribution in [-0.2, 0) is 0 Å². The third kappa shape index (κ3) is 3.04. The molecule has 0 fully saturated rings. The van der Waals surface area contributed by atoms with Gasteiger partial charge in [-0.25, -0.2) is 4.39 Å². The third-order valence-corrected chi connectivity index (χ3v) is 1.57. The quantitative estimate of drug-likeness (QED) is 0.576. The monoisotopic (exact) mass is 247 g/mol. The highest BCUT2D eigenvalue weighted by Crippen LogP contribution is 2.26. The first-order valence-corrected chi connectivity index (χ1v) is 3.85. The average Bonchev–Trinajstić information content (AvgIpc) is 2.04. The first-order chi connectivity index (χ1) is 7.11. The average molecular weight is 247 g/mol. The van der Waals surface area contributed by atoms with Crippen molar-refractivity contribution in [2.45, 2.75) is 6.36 Å². The van der Waals surface area contributed by atoms with Gasteiger partial charge in [0.05, 0.1) is 0 Å². The minimum absolute atomic E-state index is 0.346. The van der Waals surface area contributed by atoms with Crippen LogP contribution in [0.2, 0.25) is 0 Å². The Morgan fingerprint density at radius 3 is 2.06 bits per heavy atom. The minimum atomic E-state index is -5.72. The Hall–Kier alpha value is -1.41. The minimum Gasteiger partial charge on any atom is -0.445 e. The van der Waals surface area contributed by atoms with Gasteiger partial charge in [0.2, 0.25) is 0 Å². The Bertz CT molecular complexity index is 383. The van der Waals surface area contributed by atoms with Gasteiger partial charge < -0.3 is 17.7 Å². The van der Waals surface area contributed by atoms with E-state index in [1.54, 1.807) is 0 Å². The van der Waals surface area contributed by atoms with E-state index in [9.17, 15) is 30.5 Å². The van der Waals surface area contributed by atoms with Gasteiger partial charge in [0.25, 0.3) is 0 Å². The van der Waals surface area contributed by atoms with Crippen LogP contribution >= 0.6 is 0 Å². The smallest absolute Gasteiger partial charge is 0.445 e. The van der Waals surface area contributed by atoms with Crippen LogP contribution in [0.1, 0.15) is 0 Å². The van der Waals surface area contributed by atoms with Crippen molar-refractivity contribution in [2.75, 3.05) is 0 Å². The van der Waals surface area contributed by atoms with E-state index >= 15 is 0 Å². The van der Waals surface area contributed by atoms with Crippen molar-refractivity contribution in [1.82, 2.24) is 0 Å². The molecule has 0 radical (unpaired) electrons. The van der Waals surface area contributed by atoms with Crippen molar-refractivity contribution in [3.8, 4) is 5.75 Å². The first-order valence-electron chi connectivity index (χ1n) is 3.85. The van der Waals surface area contributed by atoms with Gasteiger partial charge in [-0.1, -0.05) is 17.6 Å². The molecule has 1 aromatic carbocycles. The summed E-state index contributed by atoms with van der Waals surface area (Å²) in [5, 5.41) is 0. The molecule has 0 aliphatic carbocycles. The maximum Gasteiger partial charge on any atom is 0.573 e. The molecule has 0 unspecified atom stereocenters. The summed E-state index contributed by atoms with van der Waals surface area (Å²) in [6.07, 6.45) is -5.24. The summed E-state index contributed by atoms with van der Waals surface area (Å²) in [4.78, 5) is 0. The molecule has 0 heterocycles. The summed E-state index contributed by atoms with van der Waals surface area (Å²) in [6, 6.07) is 1.45. The van der Waals surface area contributed by atoms with Crippen LogP contribution in [0.5, 0.6) is 5.75 Å². The summed E-state index contributed by atoms with van der Waals surface area (Å²) >= 11 is 0. The van der Waals surface area contributed by atoms with Crippen LogP contribution in [-0.4, -0.2) is 13.3 Å². The highest BCUT2D eigenvalue weighted by molar-refractivity contribution is 6.73. The summed E-state index contributed by atoms with van der Waals surface area (Å²) in [7, 11) is 0. The summed E-state index contributed by atoms with van der Waals surface area (Å²) in [6.45, 7) is -5.72. The lowest BCUT2D eigenvalue weighted by molar-refractivity contribution is -0.275. The van der Waals surface area contributed by atoms with Crippen LogP contribution in [0.3, 0.4) is 0 Å². The fraction of sp³-hybridized carbons (Fsp3) is 0.143. The summed E-state index contributed by atoms with van der Waals surface area (Å²) in [5.41, 5.74) is -1.75. The Balaban J connectivity index is 3.15. The molecular weight excluding hydrogens is 244 g/mol. The number of hydrogen-bond acceptors (Lipinski definition) is 1. The molecule has 1 nitrogen and oxygen atoms in total. The Morgan fingerprint density at radius 2 is 1.62 bits per heavy atom. The lowest BCUT2D eigenvalue weighted by atomic mass is 9.79. The van der Waals surface area contributed by atoms with Gasteiger partial charge in [-0.05, 0) is 6.07 Å². The molecule has 0 bridgehead atoms. The molecule has 0 atom stereocenters. The number of ether oxygens (including phenoxy) is 1. The maximum atomic E-state index is 13.0. The van der Waals surface area contributed by atoms with E-state index in [-0.39, 0.29) is 0 Å². The maximum absolute atomic E-state index is 13.0. The molecule has 90 valence electrons. The van der Waals surface area contributed by atoms with Gasteiger partial charge in [0.1, 0.15) is 5.82 Å². The molecule has 1 rings (SSSR count). The van der Waals surface area contributed by atoms with Crippen LogP contribution in [0, 0.1) is 5.82 Å². The number of hydrogen-bond donors (Lipinski definition) is 0. The predicted molar refractivity (Wildman–Crippen MR) is 41.8 cm³/mol. The molecule has 0 aromatic heterocycles. The van der Waals surface area contributed by atoms with Crippen LogP contribution < -0.4 is 10.2 Å². The second-order valence-electron chi connectivity index (χ2n) is 2.78. The summed E-state index contributed by atoms with van der Waals surface area (Å²) in [5.74, 6) is -3.56. The fourth-order valence-electron chi connectivity index (χ4n) is 0.984. The van der Waals surface area contributed by atoms with E-state index in [0.717, 1.165) is 0 Å². The van der Waals surface area contributed by atoms with Gasteiger partial charge >= 0.3 is 13.3 Å². The van der Waals surface area contributed by atoms with Gasteiger partial charge in [-0.2, -0.15) is 0 Å². The second-order valence-corrected chi connectivity index (χ2v) is 2.78. The van der Waals surface area contributed by atoms with E-state index in [1.165, 1.54) is 0 Å². The molecule has 0 amide bonds. The van der Waals surface area contributed by atoms with Crippen LogP contribution in [0.25, 0.3) is 0 Å². The number of benzene rings is 1. The van der Waals surface area contributed by atoms with Gasteiger partial charge in [-0.3, -0.25) is 0 Å². The third-order valence-electron chi connectivity index (χ3n) is 1.57. The van der Waals surface area contributed by atoms with Crippen LogP contribution in [0.4, 0.5) is 30.5 Å². The SMILES string of the molecule is Fc1c(OC(F)(F)F)cccc1[B-](F)(F)F. The highest BCUT2D eigenvalue weighted by Gasteiger charge is 2.35. The lowest BCUT2D eigenvalue weighted by Crippen LogP contribution is -2.37. The van der Waals surface area contributed by atoms with E-state index in [4.69, 9.17) is 0 Å². The topological polar surface area (TPSA) is 9.23 Å². The van der Waals surface area contributed by atoms with Gasteiger partial charge in [-0.15, -0.1) is 13.2 Å². The molecular formula is C7H3BF7O-. The van der Waals surface area contributed by atoms with Crippen molar-refractivity contribution in [3.05, 3.63) is 24.0 Å². The Labute approximate surface area is 84.9 Å². The summed E-state index contributed by atoms with van der Waals surface area (Å²) < 4.78 is 87.6. The fourth-order valence-corrected chi connectivity index (χ4v) is 0.984. The predicted octanol–water partition coefficient (Wildman–Crippen LogP) is 2.78. The zero-order chi connectivity index (χ0) is 12.6. The van der Waals surface area contributed by atoms with Crippen molar-refractivity contribution in [1.29, 1.82) is 0 Å². The molecule has 9 heteroatoms. The molecule has 0 aliphatic rings. The normalized spacial score (nSPS) is 12.7. The molecule has 16 heavy (non-hydrogen) atoms. The molecule has 0 N–H and O–H groups in total. The van der Waals surface area contributed by atoms with E-state index < -0.39 is 30.4 Å². The van der Waals surface area contributed by atoms with Crippen LogP contribution in [0.15, 0.2) is 18.2 Å². The number of rotatable bonds is 2. The van der Waals surface area contributed by atoms with Crippen molar-refractivity contribution in [3.63, 3.8) is 0 Å². The molecule has 0 spiro atoms. The standard InChI is InChI=1S/C7H3BF7O/c9-6-4(8(13,14)15)2-1-3-5(6)16-7(10,11)12/h1-3H/q-1. The molecule has 1 aromatic rings. The van der Waals surface area contributed by atoms with Gasteiger partial charge in [0.15, 0.2) is 5.75 Å². The number of alkyl halides is 3. The zero-order valence-corrected chi connectivity index (χ0v) is 7.36. The molecule has 0 saturated heterocycles. The van der Waals surface area contributed by atoms with Gasteiger partial charge in [0, 0.05) is 0 Å². The van der Waals surface area contributed by atoms with Crippen molar-refractivity contribution >= 4 is 12.4 Å².